The molecule has 1 aromatic carbocycles. The van der Waals surface area contributed by atoms with E-state index >= 15 is 0 Å². The maximum atomic E-state index is 11.4. The first kappa shape index (κ1) is 9.06. The molecule has 1 N–H and O–H groups in total. The van der Waals surface area contributed by atoms with Crippen molar-refractivity contribution < 1.29 is 9.53 Å². The van der Waals surface area contributed by atoms with Crippen molar-refractivity contribution in [3.8, 4) is 5.75 Å². The Morgan fingerprint density at radius 3 is 2.79 bits per heavy atom. The number of nitrogens with one attached hydrogen (secondary N) is 1. The Labute approximate surface area is 83.1 Å². The van der Waals surface area contributed by atoms with Crippen molar-refractivity contribution in [2.75, 3.05) is 13.7 Å². The fourth-order valence-corrected chi connectivity index (χ4v) is 1.63. The van der Waals surface area contributed by atoms with E-state index in [0.717, 1.165) is 11.3 Å². The van der Waals surface area contributed by atoms with Crippen LogP contribution in [0.5, 0.6) is 5.75 Å². The van der Waals surface area contributed by atoms with Crippen LogP contribution in [0.4, 0.5) is 0 Å². The fourth-order valence-electron chi connectivity index (χ4n) is 1.63. The van der Waals surface area contributed by atoms with E-state index in [0.29, 0.717) is 6.54 Å². The van der Waals surface area contributed by atoms with Crippen molar-refractivity contribution in [3.63, 3.8) is 0 Å². The Morgan fingerprint density at radius 2 is 2.29 bits per heavy atom. The summed E-state index contributed by atoms with van der Waals surface area (Å²) >= 11 is 0. The number of β-lactam (4-membered cyclic amide) rings is 1. The van der Waals surface area contributed by atoms with Gasteiger partial charge >= 0.3 is 0 Å². The molecule has 1 atom stereocenters. The van der Waals surface area contributed by atoms with Crippen LogP contribution < -0.4 is 10.1 Å². The Kier molecular flexibility index (Phi) is 1.95. The molecule has 1 amide bonds. The highest BCUT2D eigenvalue weighted by Crippen LogP contribution is 2.30. The zero-order chi connectivity index (χ0) is 10.2. The molecule has 1 aromatic rings. The number of hydrogen-bond donors (Lipinski definition) is 1. The predicted octanol–water partition coefficient (Wildman–Crippen LogP) is 1.08. The number of rotatable bonds is 2. The third-order valence-electron chi connectivity index (χ3n) is 2.81. The lowest BCUT2D eigenvalue weighted by molar-refractivity contribution is -0.132. The van der Waals surface area contributed by atoms with E-state index in [-0.39, 0.29) is 11.3 Å². The Bertz CT molecular complexity index is 375. The Balaban J connectivity index is 2.36. The number of methoxy groups -OCH3 is 1. The van der Waals surface area contributed by atoms with Crippen molar-refractivity contribution in [1.29, 1.82) is 0 Å². The van der Waals surface area contributed by atoms with Gasteiger partial charge < -0.3 is 10.1 Å². The summed E-state index contributed by atoms with van der Waals surface area (Å²) in [5.74, 6) is 0.883. The van der Waals surface area contributed by atoms with Crippen molar-refractivity contribution in [2.45, 2.75) is 12.3 Å². The summed E-state index contributed by atoms with van der Waals surface area (Å²) < 4.78 is 5.12. The van der Waals surface area contributed by atoms with Crippen LogP contribution >= 0.6 is 0 Å². The summed E-state index contributed by atoms with van der Waals surface area (Å²) in [5, 5.41) is 2.76. The third kappa shape index (κ3) is 1.16. The quantitative estimate of drug-likeness (QED) is 0.710. The molecule has 14 heavy (non-hydrogen) atoms. The normalized spacial score (nSPS) is 25.1. The molecule has 0 spiro atoms. The molecule has 0 aromatic heterocycles. The minimum Gasteiger partial charge on any atom is -0.497 e. The lowest BCUT2D eigenvalue weighted by Crippen LogP contribution is -2.60. The number of benzene rings is 1. The molecule has 3 nitrogen and oxygen atoms in total. The molecule has 1 aliphatic rings. The van der Waals surface area contributed by atoms with Crippen LogP contribution in [0.3, 0.4) is 0 Å². The second-order valence-electron chi connectivity index (χ2n) is 3.75. The molecule has 0 aliphatic carbocycles. The predicted molar refractivity (Wildman–Crippen MR) is 53.4 cm³/mol. The van der Waals surface area contributed by atoms with Crippen LogP contribution in [-0.2, 0) is 10.2 Å². The minimum atomic E-state index is -0.367. The van der Waals surface area contributed by atoms with Gasteiger partial charge in [0, 0.05) is 6.54 Å². The summed E-state index contributed by atoms with van der Waals surface area (Å²) in [6.07, 6.45) is 0. The minimum absolute atomic E-state index is 0.0887. The average molecular weight is 191 g/mol. The van der Waals surface area contributed by atoms with Crippen LogP contribution in [0.2, 0.25) is 0 Å². The van der Waals surface area contributed by atoms with Gasteiger partial charge in [-0.25, -0.2) is 0 Å². The first-order chi connectivity index (χ1) is 6.66. The smallest absolute Gasteiger partial charge is 0.232 e. The lowest BCUT2D eigenvalue weighted by Gasteiger charge is -2.37. The van der Waals surface area contributed by atoms with Crippen LogP contribution in [0, 0.1) is 0 Å². The van der Waals surface area contributed by atoms with E-state index in [4.69, 9.17) is 4.74 Å². The largest absolute Gasteiger partial charge is 0.497 e. The number of hydrogen-bond acceptors (Lipinski definition) is 2. The molecular formula is C11H13NO2. The second kappa shape index (κ2) is 3.01. The van der Waals surface area contributed by atoms with Crippen LogP contribution in [-0.4, -0.2) is 19.6 Å². The fraction of sp³-hybridized carbons (Fsp3) is 0.364. The molecule has 1 aliphatic heterocycles. The van der Waals surface area contributed by atoms with Gasteiger partial charge in [-0.15, -0.1) is 0 Å². The maximum Gasteiger partial charge on any atom is 0.232 e. The third-order valence-corrected chi connectivity index (χ3v) is 2.81. The number of ether oxygens (including phenoxy) is 1. The monoisotopic (exact) mass is 191 g/mol. The molecule has 0 radical (unpaired) electrons. The highest BCUT2D eigenvalue weighted by molar-refractivity contribution is 5.93. The summed E-state index contributed by atoms with van der Waals surface area (Å²) in [4.78, 5) is 11.4. The molecule has 1 fully saturated rings. The molecule has 1 saturated heterocycles. The maximum absolute atomic E-state index is 11.4. The summed E-state index contributed by atoms with van der Waals surface area (Å²) in [6.45, 7) is 2.65. The average Bonchev–Trinajstić information content (AvgIpc) is 2.26. The van der Waals surface area contributed by atoms with Gasteiger partial charge in [-0.2, -0.15) is 0 Å². The highest BCUT2D eigenvalue weighted by atomic mass is 16.5. The zero-order valence-electron chi connectivity index (χ0n) is 8.33. The molecule has 0 bridgehead atoms. The Hall–Kier alpha value is -1.51. The molecule has 2 rings (SSSR count). The number of carbonyl (C=O) groups excluding carboxylic acids is 1. The summed E-state index contributed by atoms with van der Waals surface area (Å²) in [6, 6.07) is 7.66. The molecule has 3 heteroatoms. The van der Waals surface area contributed by atoms with E-state index in [2.05, 4.69) is 5.32 Å². The van der Waals surface area contributed by atoms with E-state index in [9.17, 15) is 4.79 Å². The zero-order valence-corrected chi connectivity index (χ0v) is 8.33. The van der Waals surface area contributed by atoms with Crippen molar-refractivity contribution in [2.24, 2.45) is 0 Å². The Morgan fingerprint density at radius 1 is 1.50 bits per heavy atom. The van der Waals surface area contributed by atoms with Gasteiger partial charge in [-0.1, -0.05) is 12.1 Å². The van der Waals surface area contributed by atoms with E-state index in [1.807, 2.05) is 31.2 Å². The van der Waals surface area contributed by atoms with Gasteiger partial charge in [-0.3, -0.25) is 4.79 Å². The SMILES string of the molecule is COc1cccc(C2(C)CNC2=O)c1. The standard InChI is InChI=1S/C11H13NO2/c1-11(7-12-10(11)13)8-4-3-5-9(6-8)14-2/h3-6H,7H2,1-2H3,(H,12,13). The van der Waals surface area contributed by atoms with Gasteiger partial charge in [0.2, 0.25) is 5.91 Å². The highest BCUT2D eigenvalue weighted by Gasteiger charge is 2.43. The first-order valence-electron chi connectivity index (χ1n) is 4.59. The van der Waals surface area contributed by atoms with Crippen LogP contribution in [0.15, 0.2) is 24.3 Å². The molecule has 0 saturated carbocycles. The van der Waals surface area contributed by atoms with Gasteiger partial charge in [0.1, 0.15) is 5.75 Å². The van der Waals surface area contributed by atoms with E-state index in [1.54, 1.807) is 7.11 Å². The van der Waals surface area contributed by atoms with Gasteiger partial charge in [0.05, 0.1) is 12.5 Å². The van der Waals surface area contributed by atoms with Crippen molar-refractivity contribution in [1.82, 2.24) is 5.32 Å². The van der Waals surface area contributed by atoms with Gasteiger partial charge in [0.15, 0.2) is 0 Å². The number of carbonyl (C=O) groups is 1. The van der Waals surface area contributed by atoms with Crippen molar-refractivity contribution in [3.05, 3.63) is 29.8 Å². The van der Waals surface area contributed by atoms with Crippen LogP contribution in [0.25, 0.3) is 0 Å². The molecule has 1 unspecified atom stereocenters. The van der Waals surface area contributed by atoms with Crippen molar-refractivity contribution >= 4 is 5.91 Å². The van der Waals surface area contributed by atoms with E-state index < -0.39 is 0 Å². The molecular weight excluding hydrogens is 178 g/mol. The second-order valence-corrected chi connectivity index (χ2v) is 3.75. The van der Waals surface area contributed by atoms with Gasteiger partial charge in [-0.05, 0) is 24.6 Å². The van der Waals surface area contributed by atoms with E-state index in [1.165, 1.54) is 0 Å². The van der Waals surface area contributed by atoms with Gasteiger partial charge in [0.25, 0.3) is 0 Å². The molecule has 74 valence electrons. The lowest BCUT2D eigenvalue weighted by atomic mass is 9.76. The first-order valence-corrected chi connectivity index (χ1v) is 4.59. The number of amides is 1. The summed E-state index contributed by atoms with van der Waals surface area (Å²) in [7, 11) is 1.63. The topological polar surface area (TPSA) is 38.3 Å². The van der Waals surface area contributed by atoms with Crippen LogP contribution in [0.1, 0.15) is 12.5 Å². The molecule has 1 heterocycles. The summed E-state index contributed by atoms with van der Waals surface area (Å²) in [5.41, 5.74) is 0.648.